The highest BCUT2D eigenvalue weighted by Crippen LogP contribution is 2.27. The Hall–Kier alpha value is -1.66. The molecule has 1 heterocycles. The first kappa shape index (κ1) is 15.2. The lowest BCUT2D eigenvalue weighted by atomic mass is 9.86. The summed E-state index contributed by atoms with van der Waals surface area (Å²) in [7, 11) is 1.85. The summed E-state index contributed by atoms with van der Waals surface area (Å²) in [5, 5.41) is 9.20. The Morgan fingerprint density at radius 1 is 1.41 bits per heavy atom. The topological polar surface area (TPSA) is 69.5 Å². The maximum absolute atomic E-state index is 12.6. The van der Waals surface area contributed by atoms with Crippen molar-refractivity contribution in [2.24, 2.45) is 5.92 Å². The molecule has 0 radical (unpaired) electrons. The van der Waals surface area contributed by atoms with Crippen molar-refractivity contribution in [3.8, 4) is 0 Å². The second-order valence-electron chi connectivity index (χ2n) is 6.00. The molecule has 0 aliphatic heterocycles. The van der Waals surface area contributed by atoms with Gasteiger partial charge in [-0.1, -0.05) is 0 Å². The van der Waals surface area contributed by atoms with E-state index in [2.05, 4.69) is 4.98 Å². The molecule has 5 nitrogen and oxygen atoms in total. The van der Waals surface area contributed by atoms with Crippen molar-refractivity contribution in [1.82, 2.24) is 9.88 Å². The molecule has 0 unspecified atom stereocenters. The fraction of sp³-hybridized carbons (Fsp3) is 0.500. The van der Waals surface area contributed by atoms with Gasteiger partial charge in [0.1, 0.15) is 0 Å². The number of carbonyl (C=O) groups is 1. The van der Waals surface area contributed by atoms with Crippen LogP contribution in [0.1, 0.15) is 36.0 Å². The summed E-state index contributed by atoms with van der Waals surface area (Å²) in [4.78, 5) is 17.7. The summed E-state index contributed by atoms with van der Waals surface area (Å²) < 4.78 is 5.37. The van der Waals surface area contributed by atoms with Gasteiger partial charge < -0.3 is 19.4 Å². The lowest BCUT2D eigenvalue weighted by Gasteiger charge is -2.34. The number of hydrogen-bond donors (Lipinski definition) is 2. The maximum Gasteiger partial charge on any atom is 0.266 e. The summed E-state index contributed by atoms with van der Waals surface area (Å²) in [5.41, 5.74) is 2.01. The molecule has 3 rings (SSSR count). The summed E-state index contributed by atoms with van der Waals surface area (Å²) >= 11 is 4.96. The third kappa shape index (κ3) is 2.94. The Morgan fingerprint density at radius 3 is 2.82 bits per heavy atom. The van der Waals surface area contributed by atoms with Gasteiger partial charge in [-0.3, -0.25) is 4.79 Å². The predicted molar refractivity (Wildman–Crippen MR) is 86.3 cm³/mol. The van der Waals surface area contributed by atoms with Crippen molar-refractivity contribution in [2.75, 3.05) is 13.7 Å². The number of hydrogen-bond acceptors (Lipinski definition) is 4. The second-order valence-corrected chi connectivity index (χ2v) is 6.37. The molecule has 2 N–H and O–H groups in total. The predicted octanol–water partition coefficient (Wildman–Crippen LogP) is 3.11. The molecule has 1 amide bonds. The monoisotopic (exact) mass is 320 g/mol. The van der Waals surface area contributed by atoms with Crippen molar-refractivity contribution in [3.63, 3.8) is 0 Å². The molecule has 1 fully saturated rings. The summed E-state index contributed by atoms with van der Waals surface area (Å²) in [6, 6.07) is 5.59. The van der Waals surface area contributed by atoms with Crippen LogP contribution in [0.5, 0.6) is 0 Å². The Bertz CT molecular complexity index is 728. The number of carbonyl (C=O) groups excluding carboxylic acids is 1. The van der Waals surface area contributed by atoms with Crippen LogP contribution in [0.15, 0.2) is 22.6 Å². The van der Waals surface area contributed by atoms with Gasteiger partial charge in [0.15, 0.2) is 5.58 Å². The van der Waals surface area contributed by atoms with Crippen molar-refractivity contribution in [1.29, 1.82) is 0 Å². The number of benzene rings is 1. The largest absolute Gasteiger partial charge is 0.429 e. The Morgan fingerprint density at radius 2 is 2.14 bits per heavy atom. The Labute approximate surface area is 133 Å². The number of nitrogens with one attached hydrogen (secondary N) is 1. The van der Waals surface area contributed by atoms with Crippen molar-refractivity contribution < 1.29 is 14.3 Å². The first-order valence-corrected chi connectivity index (χ1v) is 8.00. The van der Waals surface area contributed by atoms with Crippen LogP contribution in [0.3, 0.4) is 0 Å². The van der Waals surface area contributed by atoms with Crippen LogP contribution < -0.4 is 0 Å². The second kappa shape index (κ2) is 6.22. The molecule has 6 heteroatoms. The highest BCUT2D eigenvalue weighted by atomic mass is 32.1. The number of rotatable bonds is 3. The quantitative estimate of drug-likeness (QED) is 0.853. The normalized spacial score (nSPS) is 21.9. The van der Waals surface area contributed by atoms with Gasteiger partial charge >= 0.3 is 0 Å². The van der Waals surface area contributed by atoms with Crippen molar-refractivity contribution >= 4 is 29.2 Å². The van der Waals surface area contributed by atoms with Gasteiger partial charge in [-0.15, -0.1) is 0 Å². The van der Waals surface area contributed by atoms with E-state index in [0.29, 0.717) is 21.9 Å². The summed E-state index contributed by atoms with van der Waals surface area (Å²) in [6.45, 7) is 0.249. The van der Waals surface area contributed by atoms with Gasteiger partial charge in [0.2, 0.25) is 0 Å². The van der Waals surface area contributed by atoms with Crippen LogP contribution >= 0.6 is 12.2 Å². The molecule has 0 bridgehead atoms. The zero-order valence-electron chi connectivity index (χ0n) is 12.5. The van der Waals surface area contributed by atoms with E-state index < -0.39 is 0 Å². The number of aliphatic hydroxyl groups is 1. The third-order valence-electron chi connectivity index (χ3n) is 4.61. The van der Waals surface area contributed by atoms with E-state index in [-0.39, 0.29) is 18.6 Å². The van der Waals surface area contributed by atoms with Gasteiger partial charge in [-0.25, -0.2) is 0 Å². The minimum absolute atomic E-state index is 0.00309. The minimum Gasteiger partial charge on any atom is -0.429 e. The molecule has 0 atom stereocenters. The molecule has 22 heavy (non-hydrogen) atoms. The highest BCUT2D eigenvalue weighted by Gasteiger charge is 2.26. The summed E-state index contributed by atoms with van der Waals surface area (Å²) in [5.74, 6) is 0.386. The van der Waals surface area contributed by atoms with E-state index in [9.17, 15) is 9.90 Å². The number of aromatic nitrogens is 1. The van der Waals surface area contributed by atoms with Gasteiger partial charge in [0.05, 0.1) is 5.52 Å². The average Bonchev–Trinajstić information content (AvgIpc) is 2.92. The molecule has 118 valence electrons. The third-order valence-corrected chi connectivity index (χ3v) is 4.80. The summed E-state index contributed by atoms with van der Waals surface area (Å²) in [6.07, 6.45) is 3.84. The molecule has 0 spiro atoms. The van der Waals surface area contributed by atoms with Gasteiger partial charge in [-0.05, 0) is 62.0 Å². The smallest absolute Gasteiger partial charge is 0.266 e. The number of aliphatic hydroxyl groups excluding tert-OH is 1. The molecule has 1 aromatic heterocycles. The zero-order chi connectivity index (χ0) is 15.7. The minimum atomic E-state index is -0.00309. The van der Waals surface area contributed by atoms with Crippen LogP contribution in [-0.2, 0) is 0 Å². The van der Waals surface area contributed by atoms with E-state index in [1.54, 1.807) is 12.1 Å². The molecular formula is C16H20N2O3S. The van der Waals surface area contributed by atoms with E-state index in [4.69, 9.17) is 16.6 Å². The Balaban J connectivity index is 1.75. The molecule has 0 saturated heterocycles. The van der Waals surface area contributed by atoms with Crippen LogP contribution in [0, 0.1) is 10.8 Å². The standard InChI is InChI=1S/C16H20N2O3S/c1-18(12-5-2-10(9-19)3-6-12)15(20)11-4-7-13-14(8-11)21-16(22)17-13/h4,7-8,10,12,19H,2-3,5-6,9H2,1H3,(H,17,22). The van der Waals surface area contributed by atoms with Gasteiger partial charge in [0.25, 0.3) is 10.7 Å². The lowest BCUT2D eigenvalue weighted by Crippen LogP contribution is -2.39. The Kier molecular flexibility index (Phi) is 4.31. The van der Waals surface area contributed by atoms with Crippen molar-refractivity contribution in [3.05, 3.63) is 28.6 Å². The number of amides is 1. The molecule has 2 aromatic rings. The number of aromatic amines is 1. The van der Waals surface area contributed by atoms with Crippen molar-refractivity contribution in [2.45, 2.75) is 31.7 Å². The van der Waals surface area contributed by atoms with Gasteiger partial charge in [-0.2, -0.15) is 0 Å². The molecule has 1 aromatic carbocycles. The molecule has 1 aliphatic rings. The fourth-order valence-corrected chi connectivity index (χ4v) is 3.36. The van der Waals surface area contributed by atoms with E-state index in [0.717, 1.165) is 31.2 Å². The molecular weight excluding hydrogens is 300 g/mol. The SMILES string of the molecule is CN(C(=O)c1ccc2[nH]c(=S)oc2c1)C1CCC(CO)CC1. The van der Waals surface area contributed by atoms with E-state index in [1.165, 1.54) is 0 Å². The molecule has 1 saturated carbocycles. The number of oxazole rings is 1. The first-order chi connectivity index (χ1) is 10.6. The maximum atomic E-state index is 12.6. The number of fused-ring (bicyclic) bond motifs is 1. The average molecular weight is 320 g/mol. The van der Waals surface area contributed by atoms with Gasteiger partial charge in [0, 0.05) is 25.3 Å². The van der Waals surface area contributed by atoms with Crippen LogP contribution in [0.25, 0.3) is 11.1 Å². The lowest BCUT2D eigenvalue weighted by molar-refractivity contribution is 0.0653. The number of H-pyrrole nitrogens is 1. The molecule has 1 aliphatic carbocycles. The first-order valence-electron chi connectivity index (χ1n) is 7.59. The van der Waals surface area contributed by atoms with Crippen LogP contribution in [-0.4, -0.2) is 40.6 Å². The van der Waals surface area contributed by atoms with E-state index in [1.807, 2.05) is 18.0 Å². The highest BCUT2D eigenvalue weighted by molar-refractivity contribution is 7.71. The number of nitrogens with zero attached hydrogens (tertiary/aromatic N) is 1. The van der Waals surface area contributed by atoms with Crippen LogP contribution in [0.2, 0.25) is 0 Å². The van der Waals surface area contributed by atoms with E-state index >= 15 is 0 Å². The zero-order valence-corrected chi connectivity index (χ0v) is 13.4. The fourth-order valence-electron chi connectivity index (χ4n) is 3.16. The van der Waals surface area contributed by atoms with Crippen LogP contribution in [0.4, 0.5) is 0 Å².